The van der Waals surface area contributed by atoms with E-state index < -0.39 is 41.3 Å². The maximum Gasteiger partial charge on any atom is 0.408 e. The van der Waals surface area contributed by atoms with Gasteiger partial charge in [0.05, 0.1) is 5.69 Å². The molecule has 1 aliphatic rings. The first-order chi connectivity index (χ1) is 15.2. The average molecular weight is 493 g/mol. The maximum absolute atomic E-state index is 14.6. The van der Waals surface area contributed by atoms with E-state index in [9.17, 15) is 22.8 Å². The fourth-order valence-corrected chi connectivity index (χ4v) is 3.85. The van der Waals surface area contributed by atoms with Crippen LogP contribution in [0, 0.1) is 0 Å². The third-order valence-electron chi connectivity index (χ3n) is 4.44. The summed E-state index contributed by atoms with van der Waals surface area (Å²) in [6, 6.07) is 3.80. The van der Waals surface area contributed by atoms with Crippen LogP contribution in [-0.4, -0.2) is 52.6 Å². The summed E-state index contributed by atoms with van der Waals surface area (Å²) in [5.74, 6) is -9.07. The van der Waals surface area contributed by atoms with Crippen LogP contribution in [0.15, 0.2) is 27.5 Å². The van der Waals surface area contributed by atoms with Crippen LogP contribution in [0.3, 0.4) is 0 Å². The molecule has 1 aromatic heterocycles. The lowest BCUT2D eigenvalue weighted by Crippen LogP contribution is -2.46. The zero-order valence-corrected chi connectivity index (χ0v) is 19.3. The number of hydrogen-bond donors (Lipinski definition) is 2. The van der Waals surface area contributed by atoms with Crippen molar-refractivity contribution in [2.24, 2.45) is 0 Å². The molecule has 9 nitrogen and oxygen atoms in total. The normalized spacial score (nSPS) is 18.5. The number of ether oxygens (including phenoxy) is 2. The molecule has 2 N–H and O–H groups in total. The molecule has 0 bridgehead atoms. The summed E-state index contributed by atoms with van der Waals surface area (Å²) >= 11 is 1.30. The van der Waals surface area contributed by atoms with Crippen LogP contribution < -0.4 is 10.6 Å². The van der Waals surface area contributed by atoms with E-state index in [2.05, 4.69) is 25.6 Å². The first-order valence-electron chi connectivity index (χ1n) is 9.77. The summed E-state index contributed by atoms with van der Waals surface area (Å²) in [7, 11) is 0.762. The van der Waals surface area contributed by atoms with Crippen molar-refractivity contribution >= 4 is 29.4 Å². The van der Waals surface area contributed by atoms with E-state index in [-0.39, 0.29) is 20.1 Å². The Morgan fingerprint density at radius 1 is 1.27 bits per heavy atom. The smallest absolute Gasteiger partial charge is 0.408 e. The van der Waals surface area contributed by atoms with Crippen molar-refractivity contribution in [3.05, 3.63) is 24.1 Å². The van der Waals surface area contributed by atoms with Crippen molar-refractivity contribution < 1.29 is 39.5 Å². The molecule has 0 saturated carbocycles. The number of alkyl carbamates (subject to hydrolysis) is 1. The Balaban J connectivity index is 0.00000306. The predicted molar refractivity (Wildman–Crippen MR) is 117 cm³/mol. The quantitative estimate of drug-likeness (QED) is 0.623. The summed E-state index contributed by atoms with van der Waals surface area (Å²) < 4.78 is 56.6. The standard InChI is InChI=1S/C20H23F3N4O5S.2H2/c1-18(2,3)32-17(29)25-12-9-33-13-7-6-10(8-11(13)24-14(12)28)15-26-27-16(31-15)20(23,30-5)19(4,21)22;;/h6-8,12H,9H2,1-5H3,(H,24,28)(H,25,29);2*1H/t12-,20?;;/m0../s1. The van der Waals surface area contributed by atoms with Crippen molar-refractivity contribution in [1.82, 2.24) is 15.5 Å². The second-order valence-electron chi connectivity index (χ2n) is 8.31. The van der Waals surface area contributed by atoms with E-state index in [0.717, 1.165) is 7.11 Å². The fourth-order valence-electron chi connectivity index (χ4n) is 2.84. The first kappa shape index (κ1) is 24.8. The number of methoxy groups -OCH3 is 1. The van der Waals surface area contributed by atoms with E-state index in [1.807, 2.05) is 0 Å². The highest BCUT2D eigenvalue weighted by molar-refractivity contribution is 7.99. The molecule has 0 fully saturated rings. The SMILES string of the molecule is COC(F)(c1nnc(-c2ccc3c(c2)NC(=O)[C@@H](NC(=O)OC(C)(C)C)CS3)o1)C(C)(F)F.[HH].[HH]. The Hall–Kier alpha value is -2.80. The largest absolute Gasteiger partial charge is 0.444 e. The van der Waals surface area contributed by atoms with Crippen molar-refractivity contribution in [2.45, 2.75) is 56.0 Å². The summed E-state index contributed by atoms with van der Waals surface area (Å²) in [4.78, 5) is 25.3. The molecule has 1 aliphatic heterocycles. The molecule has 3 rings (SSSR count). The number of thioether (sulfide) groups is 1. The molecular weight excluding hydrogens is 465 g/mol. The number of nitrogens with zero attached hydrogens (tertiary/aromatic N) is 2. The molecule has 1 unspecified atom stereocenters. The van der Waals surface area contributed by atoms with Crippen LogP contribution in [0.5, 0.6) is 0 Å². The number of benzene rings is 1. The van der Waals surface area contributed by atoms with Gasteiger partial charge in [0.25, 0.3) is 5.89 Å². The fraction of sp³-hybridized carbons (Fsp3) is 0.500. The maximum atomic E-state index is 14.6. The average Bonchev–Trinajstić information content (AvgIpc) is 3.13. The molecule has 0 spiro atoms. The highest BCUT2D eigenvalue weighted by atomic mass is 32.2. The van der Waals surface area contributed by atoms with Crippen molar-refractivity contribution in [3.63, 3.8) is 0 Å². The van der Waals surface area contributed by atoms with Crippen LogP contribution in [0.4, 0.5) is 23.7 Å². The number of nitrogens with one attached hydrogen (secondary N) is 2. The van der Waals surface area contributed by atoms with E-state index in [0.29, 0.717) is 17.5 Å². The van der Waals surface area contributed by atoms with Gasteiger partial charge in [-0.05, 0) is 39.0 Å². The van der Waals surface area contributed by atoms with Gasteiger partial charge in [0, 0.05) is 33.1 Å². The lowest BCUT2D eigenvalue weighted by atomic mass is 10.1. The number of fused-ring (bicyclic) bond motifs is 1. The van der Waals surface area contributed by atoms with Crippen LogP contribution >= 0.6 is 11.8 Å². The third kappa shape index (κ3) is 5.41. The second kappa shape index (κ2) is 8.86. The summed E-state index contributed by atoms with van der Waals surface area (Å²) in [5.41, 5.74) is -0.0966. The Bertz CT molecular complexity index is 1060. The number of amides is 2. The minimum atomic E-state index is -3.94. The Labute approximate surface area is 194 Å². The highest BCUT2D eigenvalue weighted by Gasteiger charge is 2.58. The van der Waals surface area contributed by atoms with Gasteiger partial charge in [-0.25, -0.2) is 4.79 Å². The van der Waals surface area contributed by atoms with Crippen LogP contribution in [0.2, 0.25) is 0 Å². The summed E-state index contributed by atoms with van der Waals surface area (Å²) in [5, 5.41) is 12.2. The molecule has 2 heterocycles. The molecule has 0 radical (unpaired) electrons. The molecule has 2 aromatic rings. The van der Waals surface area contributed by atoms with Crippen molar-refractivity contribution in [1.29, 1.82) is 0 Å². The van der Waals surface area contributed by atoms with Gasteiger partial charge in [0.1, 0.15) is 11.6 Å². The number of rotatable bonds is 5. The molecule has 2 amide bonds. The molecule has 1 aromatic carbocycles. The van der Waals surface area contributed by atoms with E-state index >= 15 is 0 Å². The number of anilines is 1. The molecule has 184 valence electrons. The van der Waals surface area contributed by atoms with Gasteiger partial charge < -0.3 is 24.5 Å². The number of aromatic nitrogens is 2. The monoisotopic (exact) mass is 492 g/mol. The number of carbonyl (C=O) groups is 2. The third-order valence-corrected chi connectivity index (χ3v) is 5.61. The zero-order valence-electron chi connectivity index (χ0n) is 18.5. The minimum Gasteiger partial charge on any atom is -0.444 e. The first-order valence-corrected chi connectivity index (χ1v) is 10.8. The number of alkyl halides is 3. The number of carbonyl (C=O) groups excluding carboxylic acids is 2. The summed E-state index contributed by atoms with van der Waals surface area (Å²) in [6.45, 7) is 5.44. The summed E-state index contributed by atoms with van der Waals surface area (Å²) in [6.07, 6.45) is -0.728. The second-order valence-corrected chi connectivity index (χ2v) is 9.37. The van der Waals surface area contributed by atoms with Crippen molar-refractivity contribution in [2.75, 3.05) is 18.2 Å². The van der Waals surface area contributed by atoms with Gasteiger partial charge in [-0.3, -0.25) is 4.79 Å². The number of hydrogen-bond acceptors (Lipinski definition) is 8. The Kier molecular flexibility index (Phi) is 6.67. The van der Waals surface area contributed by atoms with E-state index in [4.69, 9.17) is 9.15 Å². The van der Waals surface area contributed by atoms with Crippen LogP contribution in [0.1, 0.15) is 36.4 Å². The van der Waals surface area contributed by atoms with Crippen molar-refractivity contribution in [3.8, 4) is 11.5 Å². The van der Waals surface area contributed by atoms with Crippen LogP contribution in [0.25, 0.3) is 11.5 Å². The van der Waals surface area contributed by atoms with Gasteiger partial charge in [-0.15, -0.1) is 22.0 Å². The van der Waals surface area contributed by atoms with Gasteiger partial charge in [-0.1, -0.05) is 0 Å². The van der Waals surface area contributed by atoms with Gasteiger partial charge in [-0.2, -0.15) is 13.2 Å². The minimum absolute atomic E-state index is 0. The van der Waals surface area contributed by atoms with E-state index in [1.54, 1.807) is 32.9 Å². The lowest BCUT2D eigenvalue weighted by molar-refractivity contribution is -0.278. The number of halogens is 3. The van der Waals surface area contributed by atoms with Gasteiger partial charge in [0.15, 0.2) is 0 Å². The molecule has 13 heteroatoms. The predicted octanol–water partition coefficient (Wildman–Crippen LogP) is 4.59. The Morgan fingerprint density at radius 2 is 1.97 bits per heavy atom. The topological polar surface area (TPSA) is 116 Å². The van der Waals surface area contributed by atoms with Crippen LogP contribution in [-0.2, 0) is 20.1 Å². The zero-order chi connectivity index (χ0) is 24.6. The molecule has 0 aliphatic carbocycles. The molecular formula is C20H27F3N4O5S. The highest BCUT2D eigenvalue weighted by Crippen LogP contribution is 2.42. The Morgan fingerprint density at radius 3 is 2.58 bits per heavy atom. The molecule has 0 saturated heterocycles. The van der Waals surface area contributed by atoms with Gasteiger partial charge >= 0.3 is 17.9 Å². The molecule has 33 heavy (non-hydrogen) atoms. The lowest BCUT2D eigenvalue weighted by Gasteiger charge is -2.25. The van der Waals surface area contributed by atoms with E-state index in [1.165, 1.54) is 17.8 Å². The van der Waals surface area contributed by atoms with Gasteiger partial charge in [0.2, 0.25) is 11.8 Å². The molecule has 2 atom stereocenters.